The summed E-state index contributed by atoms with van der Waals surface area (Å²) in [5, 5.41) is 5.29. The van der Waals surface area contributed by atoms with Gasteiger partial charge < -0.3 is 20.1 Å². The topological polar surface area (TPSA) is 85.9 Å². The summed E-state index contributed by atoms with van der Waals surface area (Å²) in [6, 6.07) is 6.76. The van der Waals surface area contributed by atoms with Gasteiger partial charge in [0.1, 0.15) is 11.8 Å². The molecule has 8 nitrogen and oxygen atoms in total. The molecule has 0 aliphatic carbocycles. The number of fused-ring (bicyclic) bond motifs is 2. The van der Waals surface area contributed by atoms with Gasteiger partial charge in [-0.05, 0) is 63.9 Å². The van der Waals surface area contributed by atoms with Gasteiger partial charge in [-0.2, -0.15) is 0 Å². The Balaban J connectivity index is 1.34. The maximum Gasteiger partial charge on any atom is 0.182 e. The van der Waals surface area contributed by atoms with Crippen LogP contribution in [0.1, 0.15) is 50.6 Å². The molecule has 2 saturated heterocycles. The lowest BCUT2D eigenvalue weighted by Gasteiger charge is -2.42. The number of anilines is 2. The fourth-order valence-electron chi connectivity index (χ4n) is 5.76. The molecule has 2 aliphatic heterocycles. The molecular weight excluding hydrogens is 460 g/mol. The zero-order valence-electron chi connectivity index (χ0n) is 20.0. The van der Waals surface area contributed by atoms with Crippen molar-refractivity contribution < 1.29 is 0 Å². The van der Waals surface area contributed by atoms with E-state index in [9.17, 15) is 0 Å². The minimum absolute atomic E-state index is 0.0462. The molecule has 5 heterocycles. The van der Waals surface area contributed by atoms with Crippen LogP contribution in [0.15, 0.2) is 37.1 Å². The molecule has 0 spiro atoms. The van der Waals surface area contributed by atoms with Gasteiger partial charge in [-0.3, -0.25) is 4.98 Å². The smallest absolute Gasteiger partial charge is 0.182 e. The molecule has 2 fully saturated rings. The maximum absolute atomic E-state index is 6.79. The van der Waals surface area contributed by atoms with Crippen molar-refractivity contribution >= 4 is 45.2 Å². The SMILES string of the molecule is CC(Nc1ncnc2nc[nH]c12)c1cc(Cl)c2cccnc2c1N1CCC(N2CCCCC2)CC1. The zero-order chi connectivity index (χ0) is 23.8. The molecule has 1 unspecified atom stereocenters. The van der Waals surface area contributed by atoms with Gasteiger partial charge in [-0.25, -0.2) is 15.0 Å². The van der Waals surface area contributed by atoms with Crippen LogP contribution in [0.4, 0.5) is 11.5 Å². The second-order valence-corrected chi connectivity index (χ2v) is 10.1. The summed E-state index contributed by atoms with van der Waals surface area (Å²) >= 11 is 6.79. The van der Waals surface area contributed by atoms with Gasteiger partial charge in [0, 0.05) is 36.3 Å². The summed E-state index contributed by atoms with van der Waals surface area (Å²) in [7, 11) is 0. The summed E-state index contributed by atoms with van der Waals surface area (Å²) < 4.78 is 0. The molecular formula is C26H31ClN8. The van der Waals surface area contributed by atoms with E-state index in [1.54, 1.807) is 12.7 Å². The van der Waals surface area contributed by atoms with E-state index in [0.29, 0.717) is 11.7 Å². The van der Waals surface area contributed by atoms with Crippen LogP contribution in [-0.4, -0.2) is 62.0 Å². The number of halogens is 1. The molecule has 9 heteroatoms. The first-order valence-electron chi connectivity index (χ1n) is 12.7. The summed E-state index contributed by atoms with van der Waals surface area (Å²) in [4.78, 5) is 26.2. The highest BCUT2D eigenvalue weighted by atomic mass is 35.5. The summed E-state index contributed by atoms with van der Waals surface area (Å²) in [6.07, 6.45) is 11.5. The molecule has 0 bridgehead atoms. The minimum atomic E-state index is -0.0462. The minimum Gasteiger partial charge on any atom is -0.369 e. The van der Waals surface area contributed by atoms with Crippen molar-refractivity contribution in [3.05, 3.63) is 47.6 Å². The normalized spacial score (nSPS) is 18.9. The number of H-pyrrole nitrogens is 1. The van der Waals surface area contributed by atoms with Gasteiger partial charge in [0.15, 0.2) is 11.5 Å². The van der Waals surface area contributed by atoms with Crippen LogP contribution in [0, 0.1) is 0 Å². The molecule has 0 amide bonds. The average Bonchev–Trinajstić information content (AvgIpc) is 3.39. The molecule has 182 valence electrons. The Morgan fingerprint density at radius 1 is 1.06 bits per heavy atom. The number of nitrogens with one attached hydrogen (secondary N) is 2. The number of aromatic nitrogens is 5. The third kappa shape index (κ3) is 4.29. The van der Waals surface area contributed by atoms with Crippen molar-refractivity contribution in [2.75, 3.05) is 36.4 Å². The number of rotatable bonds is 5. The molecule has 6 rings (SSSR count). The molecule has 0 radical (unpaired) electrons. The predicted octanol–water partition coefficient (Wildman–Crippen LogP) is 5.18. The number of nitrogens with zero attached hydrogens (tertiary/aromatic N) is 6. The Morgan fingerprint density at radius 2 is 1.89 bits per heavy atom. The largest absolute Gasteiger partial charge is 0.369 e. The van der Waals surface area contributed by atoms with E-state index in [1.807, 2.05) is 12.3 Å². The third-order valence-corrected chi connectivity index (χ3v) is 7.89. The fraction of sp³-hybridized carbons (Fsp3) is 0.462. The van der Waals surface area contributed by atoms with Gasteiger partial charge in [-0.1, -0.05) is 18.0 Å². The van der Waals surface area contributed by atoms with Crippen molar-refractivity contribution in [3.63, 3.8) is 0 Å². The number of hydrogen-bond donors (Lipinski definition) is 2. The maximum atomic E-state index is 6.79. The predicted molar refractivity (Wildman–Crippen MR) is 141 cm³/mol. The molecule has 1 aromatic carbocycles. The van der Waals surface area contributed by atoms with E-state index in [4.69, 9.17) is 16.6 Å². The number of likely N-dealkylation sites (tertiary alicyclic amines) is 1. The number of aromatic amines is 1. The quantitative estimate of drug-likeness (QED) is 0.398. The second kappa shape index (κ2) is 9.59. The standard InChI is InChI=1S/C26H31ClN8/c1-17(33-26-23-25(30-15-29-23)31-16-32-26)20-14-21(27)19-6-5-9-28-22(19)24(20)35-12-7-18(8-13-35)34-10-3-2-4-11-34/h5-6,9,14-18H,2-4,7-8,10-13H2,1H3,(H2,29,30,31,32,33). The molecule has 2 aliphatic rings. The Kier molecular flexibility index (Phi) is 6.16. The summed E-state index contributed by atoms with van der Waals surface area (Å²) in [5.74, 6) is 0.729. The van der Waals surface area contributed by atoms with Gasteiger partial charge >= 0.3 is 0 Å². The summed E-state index contributed by atoms with van der Waals surface area (Å²) in [5.41, 5.74) is 4.72. The lowest BCUT2D eigenvalue weighted by molar-refractivity contribution is 0.141. The Bertz CT molecular complexity index is 1320. The van der Waals surface area contributed by atoms with Crippen LogP contribution in [0.3, 0.4) is 0 Å². The van der Waals surface area contributed by atoms with Crippen LogP contribution >= 0.6 is 11.6 Å². The zero-order valence-corrected chi connectivity index (χ0v) is 20.8. The van der Waals surface area contributed by atoms with Gasteiger partial charge in [0.2, 0.25) is 0 Å². The van der Waals surface area contributed by atoms with Gasteiger partial charge in [0.05, 0.1) is 28.6 Å². The Hall–Kier alpha value is -2.97. The first-order chi connectivity index (χ1) is 17.2. The highest BCUT2D eigenvalue weighted by Crippen LogP contribution is 2.40. The Labute approximate surface area is 210 Å². The van der Waals surface area contributed by atoms with E-state index in [0.717, 1.165) is 45.9 Å². The van der Waals surface area contributed by atoms with Gasteiger partial charge in [-0.15, -0.1) is 0 Å². The Morgan fingerprint density at radius 3 is 2.71 bits per heavy atom. The first kappa shape index (κ1) is 22.5. The number of piperidine rings is 2. The molecule has 3 aromatic heterocycles. The molecule has 0 saturated carbocycles. The molecule has 1 atom stereocenters. The van der Waals surface area contributed by atoms with Crippen LogP contribution < -0.4 is 10.2 Å². The van der Waals surface area contributed by atoms with Crippen molar-refractivity contribution in [3.8, 4) is 0 Å². The van der Waals surface area contributed by atoms with Crippen molar-refractivity contribution in [2.24, 2.45) is 0 Å². The lowest BCUT2D eigenvalue weighted by atomic mass is 9.96. The van der Waals surface area contributed by atoms with Crippen LogP contribution in [0.25, 0.3) is 22.1 Å². The first-order valence-corrected chi connectivity index (χ1v) is 13.0. The van der Waals surface area contributed by atoms with E-state index < -0.39 is 0 Å². The second-order valence-electron chi connectivity index (χ2n) is 9.70. The van der Waals surface area contributed by atoms with Crippen LogP contribution in [0.5, 0.6) is 0 Å². The molecule has 35 heavy (non-hydrogen) atoms. The van der Waals surface area contributed by atoms with Crippen molar-refractivity contribution in [1.29, 1.82) is 0 Å². The van der Waals surface area contributed by atoms with Crippen LogP contribution in [0.2, 0.25) is 5.02 Å². The van der Waals surface area contributed by atoms with E-state index in [-0.39, 0.29) is 6.04 Å². The highest BCUT2D eigenvalue weighted by Gasteiger charge is 2.29. The summed E-state index contributed by atoms with van der Waals surface area (Å²) in [6.45, 7) is 6.69. The number of pyridine rings is 1. The van der Waals surface area contributed by atoms with Crippen molar-refractivity contribution in [2.45, 2.75) is 51.1 Å². The monoisotopic (exact) mass is 490 g/mol. The third-order valence-electron chi connectivity index (χ3n) is 7.58. The number of imidazole rings is 1. The molecule has 2 N–H and O–H groups in total. The fourth-order valence-corrected chi connectivity index (χ4v) is 6.03. The van der Waals surface area contributed by atoms with E-state index >= 15 is 0 Å². The average molecular weight is 491 g/mol. The number of hydrogen-bond acceptors (Lipinski definition) is 7. The molecule has 4 aromatic rings. The lowest BCUT2D eigenvalue weighted by Crippen LogP contribution is -2.47. The van der Waals surface area contributed by atoms with E-state index in [1.165, 1.54) is 50.9 Å². The number of benzene rings is 1. The van der Waals surface area contributed by atoms with Crippen molar-refractivity contribution in [1.82, 2.24) is 29.8 Å². The highest BCUT2D eigenvalue weighted by molar-refractivity contribution is 6.36. The van der Waals surface area contributed by atoms with Crippen LogP contribution in [-0.2, 0) is 0 Å². The van der Waals surface area contributed by atoms with Gasteiger partial charge in [0.25, 0.3) is 0 Å². The van der Waals surface area contributed by atoms with E-state index in [2.05, 4.69) is 54.1 Å².